The highest BCUT2D eigenvalue weighted by molar-refractivity contribution is 5.03. The number of aliphatic hydroxyl groups excluding tert-OH is 1. The highest BCUT2D eigenvalue weighted by atomic mass is 16.3. The number of hydrogen-bond donors (Lipinski definition) is 2. The molecule has 0 bridgehead atoms. The summed E-state index contributed by atoms with van der Waals surface area (Å²) in [4.78, 5) is 4.32. The molecule has 2 N–H and O–H groups in total. The molecule has 4 heteroatoms. The molecule has 2 heterocycles. The van der Waals surface area contributed by atoms with Crippen molar-refractivity contribution in [3.63, 3.8) is 0 Å². The number of nitrogens with one attached hydrogen (secondary N) is 1. The summed E-state index contributed by atoms with van der Waals surface area (Å²) in [6, 6.07) is 0.148. The fourth-order valence-electron chi connectivity index (χ4n) is 1.99. The molecule has 1 fully saturated rings. The molecule has 14 heavy (non-hydrogen) atoms. The smallest absolute Gasteiger partial charge is 0.111 e. The van der Waals surface area contributed by atoms with Gasteiger partial charge in [0.2, 0.25) is 0 Å². The van der Waals surface area contributed by atoms with Crippen LogP contribution in [0.4, 0.5) is 0 Å². The molecule has 0 spiro atoms. The predicted octanol–water partition coefficient (Wildman–Crippen LogP) is 0.512. The second-order valence-corrected chi connectivity index (χ2v) is 4.14. The number of rotatable bonds is 2. The molecule has 2 rings (SSSR count). The van der Waals surface area contributed by atoms with Crippen molar-refractivity contribution in [2.45, 2.75) is 31.9 Å². The standard InChI is InChI=1S/C10H17N3O/c1-7(2)10-12-3-4-13(10)8-5-11-6-9(8)14/h3-4,7-9,11,14H,5-6H2,1-2H3. The first-order chi connectivity index (χ1) is 6.70. The van der Waals surface area contributed by atoms with Crippen LogP contribution in [-0.2, 0) is 0 Å². The Morgan fingerprint density at radius 3 is 2.93 bits per heavy atom. The number of aromatic nitrogens is 2. The Morgan fingerprint density at radius 2 is 2.36 bits per heavy atom. The van der Waals surface area contributed by atoms with Gasteiger partial charge in [-0.15, -0.1) is 0 Å². The lowest BCUT2D eigenvalue weighted by molar-refractivity contribution is 0.149. The van der Waals surface area contributed by atoms with Crippen molar-refractivity contribution in [3.05, 3.63) is 18.2 Å². The van der Waals surface area contributed by atoms with Crippen molar-refractivity contribution in [1.82, 2.24) is 14.9 Å². The van der Waals surface area contributed by atoms with Crippen LogP contribution < -0.4 is 5.32 Å². The van der Waals surface area contributed by atoms with Gasteiger partial charge in [-0.3, -0.25) is 0 Å². The van der Waals surface area contributed by atoms with E-state index < -0.39 is 0 Å². The topological polar surface area (TPSA) is 50.1 Å². The minimum Gasteiger partial charge on any atom is -0.390 e. The number of nitrogens with zero attached hydrogens (tertiary/aromatic N) is 2. The maximum absolute atomic E-state index is 9.76. The van der Waals surface area contributed by atoms with E-state index in [2.05, 4.69) is 28.7 Å². The zero-order valence-corrected chi connectivity index (χ0v) is 8.64. The zero-order chi connectivity index (χ0) is 10.1. The lowest BCUT2D eigenvalue weighted by Crippen LogP contribution is -2.23. The third-order valence-corrected chi connectivity index (χ3v) is 2.72. The Bertz CT molecular complexity index is 308. The van der Waals surface area contributed by atoms with Crippen molar-refractivity contribution in [2.24, 2.45) is 0 Å². The lowest BCUT2D eigenvalue weighted by Gasteiger charge is -2.19. The van der Waals surface area contributed by atoms with Gasteiger partial charge in [0.1, 0.15) is 5.82 Å². The molecule has 0 aromatic carbocycles. The molecule has 2 atom stereocenters. The van der Waals surface area contributed by atoms with Gasteiger partial charge in [0.05, 0.1) is 12.1 Å². The maximum Gasteiger partial charge on any atom is 0.111 e. The summed E-state index contributed by atoms with van der Waals surface area (Å²) in [6.07, 6.45) is 3.47. The summed E-state index contributed by atoms with van der Waals surface area (Å²) in [5.74, 6) is 1.45. The first-order valence-electron chi connectivity index (χ1n) is 5.11. The van der Waals surface area contributed by atoms with Crippen LogP contribution in [0.1, 0.15) is 31.6 Å². The van der Waals surface area contributed by atoms with Gasteiger partial charge in [0, 0.05) is 31.4 Å². The van der Waals surface area contributed by atoms with Gasteiger partial charge in [-0.2, -0.15) is 0 Å². The molecule has 0 aliphatic carbocycles. The molecule has 1 aromatic rings. The van der Waals surface area contributed by atoms with Crippen LogP contribution >= 0.6 is 0 Å². The Labute approximate surface area is 84.0 Å². The minimum absolute atomic E-state index is 0.148. The molecule has 1 aliphatic heterocycles. The summed E-state index contributed by atoms with van der Waals surface area (Å²) >= 11 is 0. The summed E-state index contributed by atoms with van der Waals surface area (Å²) in [5, 5.41) is 12.9. The summed E-state index contributed by atoms with van der Waals surface area (Å²) in [5.41, 5.74) is 0. The van der Waals surface area contributed by atoms with Crippen molar-refractivity contribution in [1.29, 1.82) is 0 Å². The molecule has 4 nitrogen and oxygen atoms in total. The first kappa shape index (κ1) is 9.68. The molecular formula is C10H17N3O. The van der Waals surface area contributed by atoms with Crippen LogP contribution in [-0.4, -0.2) is 33.9 Å². The fourth-order valence-corrected chi connectivity index (χ4v) is 1.99. The third kappa shape index (κ3) is 1.55. The van der Waals surface area contributed by atoms with Gasteiger partial charge in [0.15, 0.2) is 0 Å². The van der Waals surface area contributed by atoms with Crippen molar-refractivity contribution in [2.75, 3.05) is 13.1 Å². The van der Waals surface area contributed by atoms with E-state index >= 15 is 0 Å². The third-order valence-electron chi connectivity index (χ3n) is 2.72. The Balaban J connectivity index is 2.26. The highest BCUT2D eigenvalue weighted by Gasteiger charge is 2.28. The Morgan fingerprint density at radius 1 is 1.57 bits per heavy atom. The van der Waals surface area contributed by atoms with Crippen molar-refractivity contribution < 1.29 is 5.11 Å². The Kier molecular flexibility index (Phi) is 2.56. The first-order valence-corrected chi connectivity index (χ1v) is 5.11. The van der Waals surface area contributed by atoms with Gasteiger partial charge < -0.3 is 15.0 Å². The molecule has 1 aliphatic rings. The predicted molar refractivity (Wildman–Crippen MR) is 54.2 cm³/mol. The molecule has 1 saturated heterocycles. The number of β-amino-alcohol motifs (C(OH)–C–C–N with tert-alkyl or cyclic N) is 1. The van der Waals surface area contributed by atoms with Crippen molar-refractivity contribution in [3.8, 4) is 0 Å². The zero-order valence-electron chi connectivity index (χ0n) is 8.64. The second-order valence-electron chi connectivity index (χ2n) is 4.14. The quantitative estimate of drug-likeness (QED) is 0.723. The number of imidazole rings is 1. The van der Waals surface area contributed by atoms with Gasteiger partial charge in [-0.25, -0.2) is 4.98 Å². The van der Waals surface area contributed by atoms with E-state index in [4.69, 9.17) is 0 Å². The van der Waals surface area contributed by atoms with E-state index in [1.807, 2.05) is 6.20 Å². The van der Waals surface area contributed by atoms with E-state index in [9.17, 15) is 5.11 Å². The Hall–Kier alpha value is -0.870. The van der Waals surface area contributed by atoms with Crippen molar-refractivity contribution >= 4 is 0 Å². The molecule has 0 amide bonds. The van der Waals surface area contributed by atoms with Gasteiger partial charge in [-0.05, 0) is 0 Å². The van der Waals surface area contributed by atoms with Crippen LogP contribution in [0.25, 0.3) is 0 Å². The minimum atomic E-state index is -0.290. The second kappa shape index (κ2) is 3.71. The molecule has 78 valence electrons. The van der Waals surface area contributed by atoms with Crippen LogP contribution in [0.15, 0.2) is 12.4 Å². The largest absolute Gasteiger partial charge is 0.390 e. The van der Waals surface area contributed by atoms with E-state index in [-0.39, 0.29) is 12.1 Å². The average molecular weight is 195 g/mol. The number of hydrogen-bond acceptors (Lipinski definition) is 3. The summed E-state index contributed by atoms with van der Waals surface area (Å²) in [7, 11) is 0. The summed E-state index contributed by atoms with van der Waals surface area (Å²) < 4.78 is 2.09. The molecule has 2 unspecified atom stereocenters. The average Bonchev–Trinajstić information content (AvgIpc) is 2.70. The van der Waals surface area contributed by atoms with E-state index in [0.29, 0.717) is 12.5 Å². The van der Waals surface area contributed by atoms with E-state index in [1.165, 1.54) is 0 Å². The van der Waals surface area contributed by atoms with Gasteiger partial charge in [-0.1, -0.05) is 13.8 Å². The van der Waals surface area contributed by atoms with Gasteiger partial charge >= 0.3 is 0 Å². The molecule has 0 saturated carbocycles. The maximum atomic E-state index is 9.76. The SMILES string of the molecule is CC(C)c1nccn1C1CNCC1O. The van der Waals surface area contributed by atoms with Crippen LogP contribution in [0, 0.1) is 0 Å². The van der Waals surface area contributed by atoms with Crippen LogP contribution in [0.2, 0.25) is 0 Å². The van der Waals surface area contributed by atoms with E-state index in [0.717, 1.165) is 12.4 Å². The molecular weight excluding hydrogens is 178 g/mol. The lowest BCUT2D eigenvalue weighted by atomic mass is 10.1. The van der Waals surface area contributed by atoms with Crippen LogP contribution in [0.5, 0.6) is 0 Å². The molecule has 1 aromatic heterocycles. The molecule has 0 radical (unpaired) electrons. The van der Waals surface area contributed by atoms with Crippen LogP contribution in [0.3, 0.4) is 0 Å². The fraction of sp³-hybridized carbons (Fsp3) is 0.700. The van der Waals surface area contributed by atoms with E-state index in [1.54, 1.807) is 6.20 Å². The summed E-state index contributed by atoms with van der Waals surface area (Å²) in [6.45, 7) is 5.75. The monoisotopic (exact) mass is 195 g/mol. The normalized spacial score (nSPS) is 27.4. The van der Waals surface area contributed by atoms with Gasteiger partial charge in [0.25, 0.3) is 0 Å². The highest BCUT2D eigenvalue weighted by Crippen LogP contribution is 2.21. The number of aliphatic hydroxyl groups is 1.